The molecule has 2 nitrogen and oxygen atoms in total. The van der Waals surface area contributed by atoms with E-state index in [0.717, 1.165) is 31.2 Å². The van der Waals surface area contributed by atoms with Crippen molar-refractivity contribution in [1.29, 1.82) is 0 Å². The molecule has 3 rings (SSSR count). The first-order valence-corrected chi connectivity index (χ1v) is 7.64. The van der Waals surface area contributed by atoms with Gasteiger partial charge in [-0.3, -0.25) is 9.97 Å². The van der Waals surface area contributed by atoms with Crippen molar-refractivity contribution in [3.63, 3.8) is 0 Å². The number of hydrogen-bond acceptors (Lipinski definition) is 2. The van der Waals surface area contributed by atoms with Crippen molar-refractivity contribution < 1.29 is 0 Å². The van der Waals surface area contributed by atoms with E-state index >= 15 is 0 Å². The molecule has 0 bridgehead atoms. The van der Waals surface area contributed by atoms with Crippen LogP contribution in [0.5, 0.6) is 0 Å². The number of pyridine rings is 2. The first kappa shape index (κ1) is 13.5. The summed E-state index contributed by atoms with van der Waals surface area (Å²) in [6.07, 6.45) is 7.30. The molecule has 0 saturated carbocycles. The highest BCUT2D eigenvalue weighted by Crippen LogP contribution is 2.37. The fourth-order valence-corrected chi connectivity index (χ4v) is 2.76. The van der Waals surface area contributed by atoms with Crippen molar-refractivity contribution in [2.45, 2.75) is 0 Å². The summed E-state index contributed by atoms with van der Waals surface area (Å²) in [4.78, 5) is 8.41. The molecular weight excluding hydrogens is 380 g/mol. The zero-order valence-corrected chi connectivity index (χ0v) is 13.6. The molecule has 0 fully saturated rings. The van der Waals surface area contributed by atoms with Gasteiger partial charge in [-0.15, -0.1) is 0 Å². The largest absolute Gasteiger partial charge is 0.264 e. The second kappa shape index (κ2) is 5.85. The van der Waals surface area contributed by atoms with E-state index in [-0.39, 0.29) is 0 Å². The van der Waals surface area contributed by atoms with Gasteiger partial charge < -0.3 is 0 Å². The molecule has 2 heterocycles. The molecule has 0 aliphatic heterocycles. The van der Waals surface area contributed by atoms with Crippen molar-refractivity contribution in [2.75, 3.05) is 0 Å². The van der Waals surface area contributed by atoms with Crippen molar-refractivity contribution >= 4 is 31.9 Å². The maximum atomic E-state index is 4.21. The van der Waals surface area contributed by atoms with Crippen molar-refractivity contribution in [1.82, 2.24) is 9.97 Å². The van der Waals surface area contributed by atoms with Crippen LogP contribution in [0.25, 0.3) is 22.3 Å². The summed E-state index contributed by atoms with van der Waals surface area (Å²) in [7, 11) is 0. The number of halogens is 2. The van der Waals surface area contributed by atoms with Gasteiger partial charge in [-0.1, -0.05) is 12.1 Å². The van der Waals surface area contributed by atoms with Crippen LogP contribution in [0.3, 0.4) is 0 Å². The molecule has 20 heavy (non-hydrogen) atoms. The fraction of sp³-hybridized carbons (Fsp3) is 0. The third-order valence-corrected chi connectivity index (χ3v) is 4.85. The van der Waals surface area contributed by atoms with Gasteiger partial charge in [0.15, 0.2) is 0 Å². The zero-order valence-electron chi connectivity index (χ0n) is 10.4. The van der Waals surface area contributed by atoms with E-state index in [1.807, 2.05) is 24.5 Å². The Hall–Kier alpha value is -1.52. The molecule has 1 aromatic carbocycles. The van der Waals surface area contributed by atoms with Gasteiger partial charge >= 0.3 is 0 Å². The summed E-state index contributed by atoms with van der Waals surface area (Å²) in [6.45, 7) is 0. The molecular formula is C16H10Br2N2. The number of benzene rings is 1. The van der Waals surface area contributed by atoms with Crippen molar-refractivity contribution in [2.24, 2.45) is 0 Å². The molecule has 98 valence electrons. The Kier molecular flexibility index (Phi) is 3.94. The zero-order chi connectivity index (χ0) is 13.9. The standard InChI is InChI=1S/C16H10Br2N2/c17-15-7-13(11-3-1-5-19-9-11)14(8-16(15)18)12-4-2-6-20-10-12/h1-10H. The SMILES string of the molecule is Brc1cc(-c2cccnc2)c(-c2cccnc2)cc1Br. The van der Waals surface area contributed by atoms with E-state index in [9.17, 15) is 0 Å². The van der Waals surface area contributed by atoms with Gasteiger partial charge in [-0.2, -0.15) is 0 Å². The predicted octanol–water partition coefficient (Wildman–Crippen LogP) is 5.34. The smallest absolute Gasteiger partial charge is 0.0346 e. The highest BCUT2D eigenvalue weighted by atomic mass is 79.9. The number of aromatic nitrogens is 2. The lowest BCUT2D eigenvalue weighted by atomic mass is 9.96. The highest BCUT2D eigenvalue weighted by Gasteiger charge is 2.11. The molecule has 0 aliphatic carbocycles. The molecule has 3 aromatic rings. The number of rotatable bonds is 2. The lowest BCUT2D eigenvalue weighted by molar-refractivity contribution is 1.32. The van der Waals surface area contributed by atoms with Crippen LogP contribution in [-0.2, 0) is 0 Å². The summed E-state index contributed by atoms with van der Waals surface area (Å²) in [5, 5.41) is 0. The average molecular weight is 390 g/mol. The molecule has 0 saturated heterocycles. The molecule has 0 N–H and O–H groups in total. The van der Waals surface area contributed by atoms with Gasteiger partial charge in [0.05, 0.1) is 0 Å². The second-order valence-corrected chi connectivity index (χ2v) is 6.00. The van der Waals surface area contributed by atoms with E-state index < -0.39 is 0 Å². The molecule has 0 radical (unpaired) electrons. The lowest BCUT2D eigenvalue weighted by Crippen LogP contribution is -1.88. The van der Waals surface area contributed by atoms with Gasteiger partial charge in [0, 0.05) is 44.9 Å². The molecule has 0 amide bonds. The van der Waals surface area contributed by atoms with Crippen molar-refractivity contribution in [3.8, 4) is 22.3 Å². The minimum absolute atomic E-state index is 1.02. The minimum Gasteiger partial charge on any atom is -0.264 e. The van der Waals surface area contributed by atoms with E-state index in [0.29, 0.717) is 0 Å². The quantitative estimate of drug-likeness (QED) is 0.591. The normalized spacial score (nSPS) is 10.5. The van der Waals surface area contributed by atoms with E-state index in [2.05, 4.69) is 66.1 Å². The third-order valence-electron chi connectivity index (χ3n) is 3.01. The summed E-state index contributed by atoms with van der Waals surface area (Å²) >= 11 is 7.13. The summed E-state index contributed by atoms with van der Waals surface area (Å²) in [5.41, 5.74) is 4.42. The monoisotopic (exact) mass is 388 g/mol. The fourth-order valence-electron chi connectivity index (χ4n) is 2.07. The van der Waals surface area contributed by atoms with E-state index in [1.165, 1.54) is 0 Å². The van der Waals surface area contributed by atoms with E-state index in [1.54, 1.807) is 12.4 Å². The van der Waals surface area contributed by atoms with Crippen LogP contribution in [0, 0.1) is 0 Å². The van der Waals surface area contributed by atoms with Gasteiger partial charge in [-0.05, 0) is 67.3 Å². The van der Waals surface area contributed by atoms with Crippen molar-refractivity contribution in [3.05, 3.63) is 70.1 Å². The Morgan fingerprint density at radius 2 is 1.15 bits per heavy atom. The molecule has 4 heteroatoms. The van der Waals surface area contributed by atoms with Crippen LogP contribution < -0.4 is 0 Å². The van der Waals surface area contributed by atoms with Gasteiger partial charge in [0.1, 0.15) is 0 Å². The van der Waals surface area contributed by atoms with Crippen LogP contribution >= 0.6 is 31.9 Å². The predicted molar refractivity (Wildman–Crippen MR) is 88.3 cm³/mol. The van der Waals surface area contributed by atoms with Gasteiger partial charge in [0.2, 0.25) is 0 Å². The first-order chi connectivity index (χ1) is 9.75. The Morgan fingerprint density at radius 3 is 1.50 bits per heavy atom. The van der Waals surface area contributed by atoms with Crippen LogP contribution in [0.2, 0.25) is 0 Å². The Bertz CT molecular complexity index is 664. The van der Waals surface area contributed by atoms with Gasteiger partial charge in [-0.25, -0.2) is 0 Å². The van der Waals surface area contributed by atoms with Crippen LogP contribution in [-0.4, -0.2) is 9.97 Å². The second-order valence-electron chi connectivity index (χ2n) is 4.30. The van der Waals surface area contributed by atoms with Crippen LogP contribution in [0.1, 0.15) is 0 Å². The minimum atomic E-state index is 1.02. The maximum Gasteiger partial charge on any atom is 0.0346 e. The first-order valence-electron chi connectivity index (χ1n) is 6.05. The summed E-state index contributed by atoms with van der Waals surface area (Å²) in [6, 6.07) is 12.2. The third kappa shape index (κ3) is 2.67. The molecule has 0 atom stereocenters. The Labute approximate surface area is 134 Å². The summed E-state index contributed by atoms with van der Waals surface area (Å²) in [5.74, 6) is 0. The molecule has 0 unspecified atom stereocenters. The maximum absolute atomic E-state index is 4.21. The molecule has 0 spiro atoms. The number of hydrogen-bond donors (Lipinski definition) is 0. The lowest BCUT2D eigenvalue weighted by Gasteiger charge is -2.11. The topological polar surface area (TPSA) is 25.8 Å². The Balaban J connectivity index is 2.26. The highest BCUT2D eigenvalue weighted by molar-refractivity contribution is 9.13. The Morgan fingerprint density at radius 1 is 0.700 bits per heavy atom. The summed E-state index contributed by atoms with van der Waals surface area (Å²) < 4.78 is 2.04. The van der Waals surface area contributed by atoms with Crippen LogP contribution in [0.15, 0.2) is 70.1 Å². The van der Waals surface area contributed by atoms with Crippen LogP contribution in [0.4, 0.5) is 0 Å². The molecule has 2 aromatic heterocycles. The molecule has 0 aliphatic rings. The van der Waals surface area contributed by atoms with Gasteiger partial charge in [0.25, 0.3) is 0 Å². The number of nitrogens with zero attached hydrogens (tertiary/aromatic N) is 2. The average Bonchev–Trinajstić information content (AvgIpc) is 2.51. The van der Waals surface area contributed by atoms with E-state index in [4.69, 9.17) is 0 Å².